The first-order valence-electron chi connectivity index (χ1n) is 7.92. The van der Waals surface area contributed by atoms with Crippen LogP contribution in [0.4, 0.5) is 10.1 Å². The molecule has 1 aromatic heterocycles. The number of hydrogen-bond acceptors (Lipinski definition) is 4. The van der Waals surface area contributed by atoms with Gasteiger partial charge in [-0.1, -0.05) is 12.1 Å². The lowest BCUT2D eigenvalue weighted by Crippen LogP contribution is -2.31. The molecule has 0 radical (unpaired) electrons. The molecule has 0 unspecified atom stereocenters. The summed E-state index contributed by atoms with van der Waals surface area (Å²) in [5, 5.41) is 6.06. The molecular formula is C18H23FN4O. The third-order valence-corrected chi connectivity index (χ3v) is 3.50. The highest BCUT2D eigenvalue weighted by molar-refractivity contribution is 5.92. The Morgan fingerprint density at radius 3 is 2.50 bits per heavy atom. The van der Waals surface area contributed by atoms with Gasteiger partial charge in [0.25, 0.3) is 5.91 Å². The Bertz CT molecular complexity index is 641. The standard InChI is InChI=1S/C18H23FN4O/c1-23(2)12-11-21-18(24)17-8-7-16(13-22-17)20-10-9-14-3-5-15(19)6-4-14/h3-8,13,20H,9-12H2,1-2H3,(H,21,24). The molecule has 0 atom stereocenters. The number of amides is 1. The Morgan fingerprint density at radius 1 is 1.12 bits per heavy atom. The zero-order valence-corrected chi connectivity index (χ0v) is 14.1. The minimum atomic E-state index is -0.227. The highest BCUT2D eigenvalue weighted by Gasteiger charge is 2.06. The van der Waals surface area contributed by atoms with E-state index in [0.717, 1.165) is 24.2 Å². The number of hydrogen-bond donors (Lipinski definition) is 2. The van der Waals surface area contributed by atoms with Crippen molar-refractivity contribution in [2.24, 2.45) is 0 Å². The van der Waals surface area contributed by atoms with Gasteiger partial charge in [-0.2, -0.15) is 0 Å². The minimum Gasteiger partial charge on any atom is -0.383 e. The molecule has 2 N–H and O–H groups in total. The predicted molar refractivity (Wildman–Crippen MR) is 93.7 cm³/mol. The number of carbonyl (C=O) groups excluding carboxylic acids is 1. The Labute approximate surface area is 141 Å². The zero-order valence-electron chi connectivity index (χ0n) is 14.1. The van der Waals surface area contributed by atoms with Gasteiger partial charge in [-0.25, -0.2) is 9.37 Å². The highest BCUT2D eigenvalue weighted by atomic mass is 19.1. The van der Waals surface area contributed by atoms with E-state index in [0.29, 0.717) is 18.8 Å². The van der Waals surface area contributed by atoms with E-state index in [-0.39, 0.29) is 11.7 Å². The molecule has 24 heavy (non-hydrogen) atoms. The summed E-state index contributed by atoms with van der Waals surface area (Å²) in [5.74, 6) is -0.398. The molecule has 1 aromatic carbocycles. The van der Waals surface area contributed by atoms with Crippen molar-refractivity contribution >= 4 is 11.6 Å². The van der Waals surface area contributed by atoms with E-state index < -0.39 is 0 Å². The van der Waals surface area contributed by atoms with Crippen LogP contribution < -0.4 is 10.6 Å². The van der Waals surface area contributed by atoms with Crippen molar-refractivity contribution in [1.29, 1.82) is 0 Å². The molecule has 1 amide bonds. The Morgan fingerprint density at radius 2 is 1.88 bits per heavy atom. The van der Waals surface area contributed by atoms with Crippen molar-refractivity contribution in [1.82, 2.24) is 15.2 Å². The molecule has 2 rings (SSSR count). The lowest BCUT2D eigenvalue weighted by atomic mass is 10.1. The minimum absolute atomic E-state index is 0.172. The van der Waals surface area contributed by atoms with Crippen LogP contribution in [0.3, 0.4) is 0 Å². The summed E-state index contributed by atoms with van der Waals surface area (Å²) >= 11 is 0. The first-order valence-corrected chi connectivity index (χ1v) is 7.92. The molecule has 0 saturated heterocycles. The number of pyridine rings is 1. The molecular weight excluding hydrogens is 307 g/mol. The van der Waals surface area contributed by atoms with Crippen molar-refractivity contribution in [3.63, 3.8) is 0 Å². The molecule has 0 fully saturated rings. The molecule has 2 aromatic rings. The van der Waals surface area contributed by atoms with Crippen molar-refractivity contribution in [3.05, 3.63) is 59.7 Å². The number of nitrogens with one attached hydrogen (secondary N) is 2. The molecule has 0 aliphatic heterocycles. The Hall–Kier alpha value is -2.47. The molecule has 0 spiro atoms. The van der Waals surface area contributed by atoms with Crippen LogP contribution in [0.25, 0.3) is 0 Å². The summed E-state index contributed by atoms with van der Waals surface area (Å²) in [6.45, 7) is 2.08. The number of benzene rings is 1. The number of anilines is 1. The lowest BCUT2D eigenvalue weighted by Gasteiger charge is -2.10. The monoisotopic (exact) mass is 330 g/mol. The summed E-state index contributed by atoms with van der Waals surface area (Å²) < 4.78 is 12.8. The number of halogens is 1. The predicted octanol–water partition coefficient (Wildman–Crippen LogP) is 2.17. The maximum absolute atomic E-state index is 12.8. The van der Waals surface area contributed by atoms with Gasteiger partial charge in [-0.15, -0.1) is 0 Å². The van der Waals surface area contributed by atoms with Crippen LogP contribution >= 0.6 is 0 Å². The van der Waals surface area contributed by atoms with Gasteiger partial charge < -0.3 is 15.5 Å². The zero-order chi connectivity index (χ0) is 17.4. The second-order valence-corrected chi connectivity index (χ2v) is 5.79. The number of nitrogens with zero attached hydrogens (tertiary/aromatic N) is 2. The van der Waals surface area contributed by atoms with Crippen molar-refractivity contribution in [2.45, 2.75) is 6.42 Å². The molecule has 0 saturated carbocycles. The van der Waals surface area contributed by atoms with Gasteiger partial charge in [-0.3, -0.25) is 4.79 Å². The Balaban J connectivity index is 1.77. The van der Waals surface area contributed by atoms with Gasteiger partial charge >= 0.3 is 0 Å². The van der Waals surface area contributed by atoms with Crippen LogP contribution in [-0.2, 0) is 6.42 Å². The fourth-order valence-electron chi connectivity index (χ4n) is 2.12. The largest absolute Gasteiger partial charge is 0.383 e. The third kappa shape index (κ3) is 5.96. The second-order valence-electron chi connectivity index (χ2n) is 5.79. The summed E-state index contributed by atoms with van der Waals surface area (Å²) in [7, 11) is 3.91. The van der Waals surface area contributed by atoms with E-state index in [9.17, 15) is 9.18 Å². The van der Waals surface area contributed by atoms with Gasteiger partial charge in [0.1, 0.15) is 11.5 Å². The highest BCUT2D eigenvalue weighted by Crippen LogP contribution is 2.08. The van der Waals surface area contributed by atoms with E-state index in [1.54, 1.807) is 24.4 Å². The number of aromatic nitrogens is 1. The van der Waals surface area contributed by atoms with Crippen molar-refractivity contribution in [3.8, 4) is 0 Å². The first kappa shape index (κ1) is 17.9. The SMILES string of the molecule is CN(C)CCNC(=O)c1ccc(NCCc2ccc(F)cc2)cn1. The lowest BCUT2D eigenvalue weighted by molar-refractivity contribution is 0.0946. The number of likely N-dealkylation sites (N-methyl/N-ethyl adjacent to an activating group) is 1. The van der Waals surface area contributed by atoms with Gasteiger partial charge in [0.2, 0.25) is 0 Å². The second kappa shape index (κ2) is 8.98. The third-order valence-electron chi connectivity index (χ3n) is 3.50. The van der Waals surface area contributed by atoms with E-state index >= 15 is 0 Å². The van der Waals surface area contributed by atoms with Crippen LogP contribution in [0.1, 0.15) is 16.1 Å². The number of rotatable bonds is 8. The average Bonchev–Trinajstić information content (AvgIpc) is 2.57. The van der Waals surface area contributed by atoms with Crippen LogP contribution in [0, 0.1) is 5.82 Å². The first-order chi connectivity index (χ1) is 11.5. The maximum atomic E-state index is 12.8. The molecule has 6 heteroatoms. The van der Waals surface area contributed by atoms with Crippen molar-refractivity contribution < 1.29 is 9.18 Å². The van der Waals surface area contributed by atoms with Gasteiger partial charge in [0, 0.05) is 19.6 Å². The Kier molecular flexibility index (Phi) is 6.69. The summed E-state index contributed by atoms with van der Waals surface area (Å²) in [4.78, 5) is 18.1. The number of carbonyl (C=O) groups is 1. The van der Waals surface area contributed by atoms with E-state index in [1.165, 1.54) is 12.1 Å². The van der Waals surface area contributed by atoms with Crippen LogP contribution in [0.15, 0.2) is 42.6 Å². The quantitative estimate of drug-likeness (QED) is 0.779. The molecule has 5 nitrogen and oxygen atoms in total. The van der Waals surface area contributed by atoms with Crippen LogP contribution in [0.2, 0.25) is 0 Å². The van der Waals surface area contributed by atoms with Crippen LogP contribution in [0.5, 0.6) is 0 Å². The summed E-state index contributed by atoms with van der Waals surface area (Å²) in [5.41, 5.74) is 2.31. The molecule has 128 valence electrons. The molecule has 1 heterocycles. The van der Waals surface area contributed by atoms with Gasteiger partial charge in [-0.05, 0) is 50.3 Å². The van der Waals surface area contributed by atoms with Gasteiger partial charge in [0.15, 0.2) is 0 Å². The van der Waals surface area contributed by atoms with Gasteiger partial charge in [0.05, 0.1) is 11.9 Å². The molecule has 0 aliphatic rings. The van der Waals surface area contributed by atoms with E-state index in [4.69, 9.17) is 0 Å². The fraction of sp³-hybridized carbons (Fsp3) is 0.333. The molecule has 0 aliphatic carbocycles. The fourth-order valence-corrected chi connectivity index (χ4v) is 2.12. The average molecular weight is 330 g/mol. The topological polar surface area (TPSA) is 57.3 Å². The smallest absolute Gasteiger partial charge is 0.269 e. The van der Waals surface area contributed by atoms with E-state index in [1.807, 2.05) is 25.1 Å². The summed E-state index contributed by atoms with van der Waals surface area (Å²) in [6, 6.07) is 10.00. The summed E-state index contributed by atoms with van der Waals surface area (Å²) in [6.07, 6.45) is 2.43. The van der Waals surface area contributed by atoms with E-state index in [2.05, 4.69) is 15.6 Å². The van der Waals surface area contributed by atoms with Crippen molar-refractivity contribution in [2.75, 3.05) is 39.0 Å². The normalized spacial score (nSPS) is 10.7. The maximum Gasteiger partial charge on any atom is 0.269 e. The molecule has 0 bridgehead atoms. The van der Waals surface area contributed by atoms with Crippen LogP contribution in [-0.4, -0.2) is 49.5 Å².